The molecule has 0 bridgehead atoms. The topological polar surface area (TPSA) is 33.4 Å². The van der Waals surface area contributed by atoms with Gasteiger partial charge in [0.2, 0.25) is 0 Å². The summed E-state index contributed by atoms with van der Waals surface area (Å²) in [6, 6.07) is 10.2. The highest BCUT2D eigenvalue weighted by atomic mass is 79.9. The van der Waals surface area contributed by atoms with E-state index in [1.54, 1.807) is 18.2 Å². The molecule has 21 heavy (non-hydrogen) atoms. The lowest BCUT2D eigenvalue weighted by Gasteiger charge is -2.12. The van der Waals surface area contributed by atoms with Crippen molar-refractivity contribution in [3.8, 4) is 0 Å². The van der Waals surface area contributed by atoms with E-state index in [9.17, 15) is 9.50 Å². The molecular weight excluding hydrogens is 335 g/mol. The molecule has 2 nitrogen and oxygen atoms in total. The van der Waals surface area contributed by atoms with Gasteiger partial charge < -0.3 is 9.52 Å². The summed E-state index contributed by atoms with van der Waals surface area (Å²) >= 11 is 3.50. The van der Waals surface area contributed by atoms with Crippen LogP contribution in [0.2, 0.25) is 0 Å². The monoisotopic (exact) mass is 348 g/mol. The van der Waals surface area contributed by atoms with Crippen molar-refractivity contribution in [2.24, 2.45) is 0 Å². The molecule has 0 aliphatic rings. The highest BCUT2D eigenvalue weighted by molar-refractivity contribution is 9.10. The molecule has 0 saturated carbocycles. The van der Waals surface area contributed by atoms with Crippen molar-refractivity contribution < 1.29 is 13.9 Å². The van der Waals surface area contributed by atoms with Crippen LogP contribution in [0, 0.1) is 19.7 Å². The Morgan fingerprint density at radius 3 is 2.43 bits per heavy atom. The van der Waals surface area contributed by atoms with Crippen LogP contribution in [0.1, 0.15) is 28.6 Å². The number of aliphatic hydroxyl groups is 1. The Morgan fingerprint density at radius 1 is 1.14 bits per heavy atom. The number of hydrogen-bond donors (Lipinski definition) is 1. The number of aliphatic hydroxyl groups excluding tert-OH is 1. The second-order valence-electron chi connectivity index (χ2n) is 5.18. The molecule has 1 atom stereocenters. The van der Waals surface area contributed by atoms with E-state index in [0.29, 0.717) is 11.1 Å². The Morgan fingerprint density at radius 2 is 1.81 bits per heavy atom. The molecular formula is C17H14BrFO2. The third-order valence-corrected chi connectivity index (χ3v) is 4.81. The quantitative estimate of drug-likeness (QED) is 0.704. The van der Waals surface area contributed by atoms with Gasteiger partial charge in [0.1, 0.15) is 11.9 Å². The summed E-state index contributed by atoms with van der Waals surface area (Å²) in [7, 11) is 0. The molecule has 1 N–H and O–H groups in total. The van der Waals surface area contributed by atoms with E-state index < -0.39 is 11.9 Å². The summed E-state index contributed by atoms with van der Waals surface area (Å²) < 4.78 is 20.2. The van der Waals surface area contributed by atoms with Gasteiger partial charge in [0.05, 0.1) is 0 Å². The van der Waals surface area contributed by atoms with Crippen LogP contribution in [-0.4, -0.2) is 5.11 Å². The second kappa shape index (κ2) is 5.28. The first-order valence-electron chi connectivity index (χ1n) is 6.60. The van der Waals surface area contributed by atoms with Crippen molar-refractivity contribution in [2.75, 3.05) is 0 Å². The van der Waals surface area contributed by atoms with E-state index in [1.165, 1.54) is 6.07 Å². The van der Waals surface area contributed by atoms with Crippen molar-refractivity contribution in [3.63, 3.8) is 0 Å². The number of para-hydroxylation sites is 1. The minimum Gasteiger partial charge on any atom is -0.455 e. The van der Waals surface area contributed by atoms with Crippen LogP contribution in [-0.2, 0) is 0 Å². The highest BCUT2D eigenvalue weighted by Crippen LogP contribution is 2.32. The maximum absolute atomic E-state index is 13.7. The lowest BCUT2D eigenvalue weighted by molar-refractivity contribution is 0.191. The van der Waals surface area contributed by atoms with Gasteiger partial charge in [0.15, 0.2) is 11.4 Å². The van der Waals surface area contributed by atoms with E-state index in [1.807, 2.05) is 26.0 Å². The Labute approximate surface area is 130 Å². The van der Waals surface area contributed by atoms with Crippen LogP contribution in [0.4, 0.5) is 4.39 Å². The molecule has 108 valence electrons. The van der Waals surface area contributed by atoms with E-state index in [4.69, 9.17) is 4.42 Å². The van der Waals surface area contributed by atoms with Gasteiger partial charge in [-0.1, -0.05) is 40.2 Å². The summed E-state index contributed by atoms with van der Waals surface area (Å²) in [6.45, 7) is 3.93. The molecule has 0 radical (unpaired) electrons. The lowest BCUT2D eigenvalue weighted by atomic mass is 10.0. The number of fused-ring (bicyclic) bond motifs is 1. The molecule has 0 aliphatic carbocycles. The fraction of sp³-hybridized carbons (Fsp3) is 0.176. The van der Waals surface area contributed by atoms with Gasteiger partial charge in [-0.3, -0.25) is 0 Å². The Bertz CT molecular complexity index is 800. The fourth-order valence-corrected chi connectivity index (χ4v) is 2.71. The minimum absolute atomic E-state index is 0.178. The molecule has 0 spiro atoms. The molecule has 1 heterocycles. The van der Waals surface area contributed by atoms with E-state index in [-0.39, 0.29) is 5.58 Å². The highest BCUT2D eigenvalue weighted by Gasteiger charge is 2.18. The molecule has 3 aromatic rings. The predicted octanol–water partition coefficient (Wildman–Crippen LogP) is 5.03. The van der Waals surface area contributed by atoms with Crippen molar-refractivity contribution in [2.45, 2.75) is 20.0 Å². The summed E-state index contributed by atoms with van der Waals surface area (Å²) in [5, 5.41) is 11.1. The Hall–Kier alpha value is -1.65. The zero-order valence-electron chi connectivity index (χ0n) is 11.7. The molecule has 3 rings (SSSR count). The van der Waals surface area contributed by atoms with Crippen molar-refractivity contribution in [3.05, 3.63) is 69.1 Å². The molecule has 1 unspecified atom stereocenters. The summed E-state index contributed by atoms with van der Waals surface area (Å²) in [4.78, 5) is 0. The average Bonchev–Trinajstić information content (AvgIpc) is 2.89. The van der Waals surface area contributed by atoms with Gasteiger partial charge >= 0.3 is 0 Å². The molecule has 0 amide bonds. The van der Waals surface area contributed by atoms with Crippen LogP contribution in [0.3, 0.4) is 0 Å². The van der Waals surface area contributed by atoms with Gasteiger partial charge in [0.25, 0.3) is 0 Å². The number of aryl methyl sites for hydroxylation is 2. The Kier molecular flexibility index (Phi) is 3.59. The number of benzene rings is 2. The van der Waals surface area contributed by atoms with Gasteiger partial charge in [-0.25, -0.2) is 4.39 Å². The van der Waals surface area contributed by atoms with Crippen molar-refractivity contribution in [1.29, 1.82) is 0 Å². The SMILES string of the molecule is Cc1cc(C(O)c2cc3cccc(F)c3o2)cc(C)c1Br. The number of halogens is 2. The zero-order valence-corrected chi connectivity index (χ0v) is 13.2. The fourth-order valence-electron chi connectivity index (χ4n) is 2.48. The van der Waals surface area contributed by atoms with Gasteiger partial charge in [-0.2, -0.15) is 0 Å². The van der Waals surface area contributed by atoms with Crippen LogP contribution in [0.25, 0.3) is 11.0 Å². The molecule has 0 saturated heterocycles. The van der Waals surface area contributed by atoms with E-state index in [2.05, 4.69) is 15.9 Å². The van der Waals surface area contributed by atoms with Crippen LogP contribution in [0.15, 0.2) is 45.3 Å². The van der Waals surface area contributed by atoms with Crippen molar-refractivity contribution >= 4 is 26.9 Å². The smallest absolute Gasteiger partial charge is 0.170 e. The molecule has 1 aromatic heterocycles. The minimum atomic E-state index is -0.915. The zero-order chi connectivity index (χ0) is 15.1. The van der Waals surface area contributed by atoms with Gasteiger partial charge in [0, 0.05) is 9.86 Å². The largest absolute Gasteiger partial charge is 0.455 e. The number of furan rings is 1. The third kappa shape index (κ3) is 2.49. The van der Waals surface area contributed by atoms with E-state index in [0.717, 1.165) is 21.2 Å². The first-order valence-corrected chi connectivity index (χ1v) is 7.39. The average molecular weight is 349 g/mol. The van der Waals surface area contributed by atoms with E-state index >= 15 is 0 Å². The second-order valence-corrected chi connectivity index (χ2v) is 5.97. The summed E-state index contributed by atoms with van der Waals surface area (Å²) in [5.41, 5.74) is 2.97. The molecule has 0 fully saturated rings. The standard InChI is InChI=1S/C17H14BrFO2/c1-9-6-12(7-10(2)15(9)18)16(20)14-8-11-4-3-5-13(19)17(11)21-14/h3-8,16,20H,1-2H3. The normalized spacial score (nSPS) is 12.8. The van der Waals surface area contributed by atoms with Gasteiger partial charge in [-0.15, -0.1) is 0 Å². The van der Waals surface area contributed by atoms with Crippen LogP contribution >= 0.6 is 15.9 Å². The summed E-state index contributed by atoms with van der Waals surface area (Å²) in [6.07, 6.45) is -0.915. The van der Waals surface area contributed by atoms with Crippen molar-refractivity contribution in [1.82, 2.24) is 0 Å². The van der Waals surface area contributed by atoms with Crippen LogP contribution in [0.5, 0.6) is 0 Å². The maximum Gasteiger partial charge on any atom is 0.170 e. The van der Waals surface area contributed by atoms with Crippen LogP contribution < -0.4 is 0 Å². The summed E-state index contributed by atoms with van der Waals surface area (Å²) in [5.74, 6) is -0.0784. The lowest BCUT2D eigenvalue weighted by Crippen LogP contribution is -1.99. The molecule has 2 aromatic carbocycles. The first-order chi connectivity index (χ1) is 9.97. The number of hydrogen-bond acceptors (Lipinski definition) is 2. The predicted molar refractivity (Wildman–Crippen MR) is 83.8 cm³/mol. The van der Waals surface area contributed by atoms with Gasteiger partial charge in [-0.05, 0) is 42.7 Å². The molecule has 0 aliphatic heterocycles. The third-order valence-electron chi connectivity index (χ3n) is 3.56. The maximum atomic E-state index is 13.7. The molecule has 4 heteroatoms. The number of rotatable bonds is 2. The first kappa shape index (κ1) is 14.3. The Balaban J connectivity index is 2.08.